The number of benzene rings is 1. The van der Waals surface area contributed by atoms with E-state index in [9.17, 15) is 4.79 Å². The molecule has 1 N–H and O–H groups in total. The van der Waals surface area contributed by atoms with E-state index in [0.29, 0.717) is 0 Å². The van der Waals surface area contributed by atoms with Gasteiger partial charge in [0.15, 0.2) is 0 Å². The van der Waals surface area contributed by atoms with E-state index in [2.05, 4.69) is 37.5 Å². The number of aliphatic carboxylic acids is 1. The lowest BCUT2D eigenvalue weighted by molar-refractivity contribution is -0.132. The van der Waals surface area contributed by atoms with Gasteiger partial charge in [-0.05, 0) is 30.5 Å². The van der Waals surface area contributed by atoms with Crippen LogP contribution in [0.2, 0.25) is 0 Å². The molecule has 0 aromatic heterocycles. The minimum absolute atomic E-state index is 0.160. The number of rotatable bonds is 8. The molecule has 0 saturated carbocycles. The Balaban J connectivity index is 2.86. The lowest BCUT2D eigenvalue weighted by atomic mass is 9.94. The van der Waals surface area contributed by atoms with Crippen molar-refractivity contribution in [2.45, 2.75) is 39.5 Å². The van der Waals surface area contributed by atoms with E-state index in [4.69, 9.17) is 5.11 Å². The van der Waals surface area contributed by atoms with Gasteiger partial charge in [-0.3, -0.25) is 0 Å². The first-order valence-corrected chi connectivity index (χ1v) is 7.28. The highest BCUT2D eigenvalue weighted by Crippen LogP contribution is 2.25. The molecule has 110 valence electrons. The first-order valence-electron chi connectivity index (χ1n) is 7.28. The number of carboxylic acid groups (broad SMARTS) is 1. The molecule has 3 heteroatoms. The van der Waals surface area contributed by atoms with E-state index in [-0.39, 0.29) is 11.5 Å². The Morgan fingerprint density at radius 2 is 1.70 bits per heavy atom. The van der Waals surface area contributed by atoms with Gasteiger partial charge in [0.2, 0.25) is 0 Å². The molecule has 1 atom stereocenters. The minimum Gasteiger partial charge on any atom is -0.478 e. The second-order valence-electron chi connectivity index (χ2n) is 5.13. The van der Waals surface area contributed by atoms with Crippen molar-refractivity contribution in [3.05, 3.63) is 42.0 Å². The third-order valence-corrected chi connectivity index (χ3v) is 3.54. The summed E-state index contributed by atoms with van der Waals surface area (Å²) < 4.78 is 0. The van der Waals surface area contributed by atoms with E-state index in [1.54, 1.807) is 0 Å². The fraction of sp³-hybridized carbons (Fsp3) is 0.471. The first kappa shape index (κ1) is 16.3. The zero-order valence-electron chi connectivity index (χ0n) is 12.7. The quantitative estimate of drug-likeness (QED) is 0.727. The summed E-state index contributed by atoms with van der Waals surface area (Å²) in [7, 11) is 0. The lowest BCUT2D eigenvalue weighted by Crippen LogP contribution is -2.24. The van der Waals surface area contributed by atoms with E-state index in [1.165, 1.54) is 5.69 Å². The highest BCUT2D eigenvalue weighted by atomic mass is 16.4. The molecule has 0 aliphatic rings. The summed E-state index contributed by atoms with van der Waals surface area (Å²) >= 11 is 0. The molecule has 3 nitrogen and oxygen atoms in total. The molecular formula is C17H25NO2. The van der Waals surface area contributed by atoms with Crippen molar-refractivity contribution < 1.29 is 9.90 Å². The Hall–Kier alpha value is -1.77. The zero-order valence-corrected chi connectivity index (χ0v) is 12.7. The molecule has 0 radical (unpaired) electrons. The molecule has 0 aliphatic carbocycles. The summed E-state index contributed by atoms with van der Waals surface area (Å²) in [5.41, 5.74) is 2.43. The SMILES string of the molecule is C=C(C(=O)O)C(C)c1ccc(N(CCC)CCC)cc1. The highest BCUT2D eigenvalue weighted by Gasteiger charge is 2.15. The van der Waals surface area contributed by atoms with Crippen molar-refractivity contribution in [3.8, 4) is 0 Å². The van der Waals surface area contributed by atoms with Gasteiger partial charge in [-0.2, -0.15) is 0 Å². The number of carboxylic acids is 1. The average Bonchev–Trinajstić information content (AvgIpc) is 2.45. The van der Waals surface area contributed by atoms with Gasteiger partial charge in [0.05, 0.1) is 0 Å². The number of hydrogen-bond donors (Lipinski definition) is 1. The van der Waals surface area contributed by atoms with Gasteiger partial charge in [-0.25, -0.2) is 4.79 Å². The smallest absolute Gasteiger partial charge is 0.331 e. The Morgan fingerprint density at radius 1 is 1.20 bits per heavy atom. The summed E-state index contributed by atoms with van der Waals surface area (Å²) in [6, 6.07) is 8.16. The van der Waals surface area contributed by atoms with Crippen LogP contribution in [0.3, 0.4) is 0 Å². The highest BCUT2D eigenvalue weighted by molar-refractivity contribution is 5.87. The van der Waals surface area contributed by atoms with Crippen LogP contribution in [0.15, 0.2) is 36.4 Å². The molecule has 0 spiro atoms. The fourth-order valence-corrected chi connectivity index (χ4v) is 2.27. The summed E-state index contributed by atoms with van der Waals surface area (Å²) in [5, 5.41) is 8.99. The van der Waals surface area contributed by atoms with Crippen molar-refractivity contribution in [2.75, 3.05) is 18.0 Å². The van der Waals surface area contributed by atoms with Gasteiger partial charge >= 0.3 is 5.97 Å². The predicted octanol–water partition coefficient (Wildman–Crippen LogP) is 4.06. The third-order valence-electron chi connectivity index (χ3n) is 3.54. The molecule has 20 heavy (non-hydrogen) atoms. The standard InChI is InChI=1S/C17H25NO2/c1-5-11-18(12-6-2)16-9-7-15(8-10-16)13(3)14(4)17(19)20/h7-10,13H,4-6,11-12H2,1-3H3,(H,19,20). The fourth-order valence-electron chi connectivity index (χ4n) is 2.27. The van der Waals surface area contributed by atoms with Crippen LogP contribution < -0.4 is 4.90 Å². The van der Waals surface area contributed by atoms with Gasteiger partial charge in [0.25, 0.3) is 0 Å². The van der Waals surface area contributed by atoms with Gasteiger partial charge in [0, 0.05) is 30.3 Å². The number of nitrogens with zero attached hydrogens (tertiary/aromatic N) is 1. The molecule has 0 aliphatic heterocycles. The van der Waals surface area contributed by atoms with Crippen molar-refractivity contribution in [1.29, 1.82) is 0 Å². The molecule has 0 saturated heterocycles. The molecule has 0 amide bonds. The van der Waals surface area contributed by atoms with Gasteiger partial charge < -0.3 is 10.0 Å². The molecular weight excluding hydrogens is 250 g/mol. The number of anilines is 1. The molecule has 1 unspecified atom stereocenters. The molecule has 0 heterocycles. The lowest BCUT2D eigenvalue weighted by Gasteiger charge is -2.24. The normalized spacial score (nSPS) is 11.9. The molecule has 1 rings (SSSR count). The van der Waals surface area contributed by atoms with Gasteiger partial charge in [0.1, 0.15) is 0 Å². The second-order valence-corrected chi connectivity index (χ2v) is 5.13. The largest absolute Gasteiger partial charge is 0.478 e. The van der Waals surface area contributed by atoms with E-state index in [0.717, 1.165) is 31.5 Å². The summed E-state index contributed by atoms with van der Waals surface area (Å²) in [4.78, 5) is 13.3. The zero-order chi connectivity index (χ0) is 15.1. The molecule has 1 aromatic carbocycles. The maximum atomic E-state index is 11.0. The van der Waals surface area contributed by atoms with Gasteiger partial charge in [-0.1, -0.05) is 39.5 Å². The van der Waals surface area contributed by atoms with Crippen molar-refractivity contribution in [2.24, 2.45) is 0 Å². The second kappa shape index (κ2) is 7.73. The monoisotopic (exact) mass is 275 g/mol. The summed E-state index contributed by atoms with van der Waals surface area (Å²) in [6.07, 6.45) is 2.24. The van der Waals surface area contributed by atoms with Crippen LogP contribution in [-0.4, -0.2) is 24.2 Å². The molecule has 1 aromatic rings. The number of hydrogen-bond acceptors (Lipinski definition) is 2. The third kappa shape index (κ3) is 4.12. The van der Waals surface area contributed by atoms with Gasteiger partial charge in [-0.15, -0.1) is 0 Å². The maximum absolute atomic E-state index is 11.0. The van der Waals surface area contributed by atoms with E-state index < -0.39 is 5.97 Å². The topological polar surface area (TPSA) is 40.5 Å². The molecule has 0 fully saturated rings. The minimum atomic E-state index is -0.930. The summed E-state index contributed by atoms with van der Waals surface area (Å²) in [6.45, 7) is 12.0. The molecule has 0 bridgehead atoms. The van der Waals surface area contributed by atoms with Crippen LogP contribution in [0.25, 0.3) is 0 Å². The van der Waals surface area contributed by atoms with Crippen LogP contribution in [0.5, 0.6) is 0 Å². The Labute approximate surface area is 121 Å². The number of carbonyl (C=O) groups is 1. The van der Waals surface area contributed by atoms with E-state index >= 15 is 0 Å². The first-order chi connectivity index (χ1) is 9.51. The maximum Gasteiger partial charge on any atom is 0.331 e. The van der Waals surface area contributed by atoms with Crippen LogP contribution in [0.4, 0.5) is 5.69 Å². The van der Waals surface area contributed by atoms with Crippen LogP contribution in [-0.2, 0) is 4.79 Å². The summed E-state index contributed by atoms with van der Waals surface area (Å²) in [5.74, 6) is -1.09. The van der Waals surface area contributed by atoms with Crippen molar-refractivity contribution in [3.63, 3.8) is 0 Å². The van der Waals surface area contributed by atoms with Crippen molar-refractivity contribution in [1.82, 2.24) is 0 Å². The Morgan fingerprint density at radius 3 is 2.10 bits per heavy atom. The van der Waals surface area contributed by atoms with Crippen LogP contribution >= 0.6 is 0 Å². The predicted molar refractivity (Wildman–Crippen MR) is 84.4 cm³/mol. The van der Waals surface area contributed by atoms with E-state index in [1.807, 2.05) is 19.1 Å². The van der Waals surface area contributed by atoms with Crippen molar-refractivity contribution >= 4 is 11.7 Å². The Bertz CT molecular complexity index is 445. The average molecular weight is 275 g/mol. The van der Waals surface area contributed by atoms with Crippen LogP contribution in [0.1, 0.15) is 45.1 Å². The van der Waals surface area contributed by atoms with Crippen LogP contribution in [0, 0.1) is 0 Å². The Kier molecular flexibility index (Phi) is 6.29.